The fourth-order valence-corrected chi connectivity index (χ4v) is 3.23. The Morgan fingerprint density at radius 1 is 1.23 bits per heavy atom. The number of carbonyl (C=O) groups is 2. The highest BCUT2D eigenvalue weighted by Gasteiger charge is 2.25. The van der Waals surface area contributed by atoms with Crippen LogP contribution >= 0.6 is 22.9 Å². The highest BCUT2D eigenvalue weighted by atomic mass is 35.5. The van der Waals surface area contributed by atoms with Gasteiger partial charge in [-0.3, -0.25) is 4.79 Å². The van der Waals surface area contributed by atoms with Crippen molar-refractivity contribution in [3.63, 3.8) is 0 Å². The maximum absolute atomic E-state index is 12.7. The molecule has 0 atom stereocenters. The molecule has 0 radical (unpaired) electrons. The van der Waals surface area contributed by atoms with E-state index < -0.39 is 5.97 Å². The Morgan fingerprint density at radius 3 is 2.45 bits per heavy atom. The number of hydrogen-bond acceptors (Lipinski definition) is 5. The van der Waals surface area contributed by atoms with E-state index in [-0.39, 0.29) is 18.9 Å². The Kier molecular flexibility index (Phi) is 5.34. The predicted molar refractivity (Wildman–Crippen MR) is 88.0 cm³/mol. The zero-order valence-electron chi connectivity index (χ0n) is 12.3. The third-order valence-corrected chi connectivity index (χ3v) is 4.71. The van der Waals surface area contributed by atoms with Crippen LogP contribution in [0.15, 0.2) is 24.3 Å². The third-order valence-electron chi connectivity index (χ3n) is 3.25. The van der Waals surface area contributed by atoms with Crippen LogP contribution in [0, 0.1) is 13.8 Å². The van der Waals surface area contributed by atoms with E-state index in [0.29, 0.717) is 21.0 Å². The van der Waals surface area contributed by atoms with E-state index in [1.807, 2.05) is 13.8 Å². The summed E-state index contributed by atoms with van der Waals surface area (Å²) in [4.78, 5) is 26.2. The minimum absolute atomic E-state index is 0.127. The number of thiophene rings is 1. The van der Waals surface area contributed by atoms with Crippen LogP contribution in [0.5, 0.6) is 0 Å². The summed E-state index contributed by atoms with van der Waals surface area (Å²) >= 11 is 7.13. The molecule has 0 unspecified atom stereocenters. The molecule has 0 aliphatic heterocycles. The van der Waals surface area contributed by atoms with Crippen LogP contribution in [0.4, 0.5) is 0 Å². The van der Waals surface area contributed by atoms with Crippen LogP contribution < -0.4 is 5.73 Å². The molecule has 0 fully saturated rings. The first-order valence-electron chi connectivity index (χ1n) is 6.73. The Balaban J connectivity index is 2.42. The van der Waals surface area contributed by atoms with E-state index in [9.17, 15) is 9.59 Å². The second kappa shape index (κ2) is 7.05. The molecular weight excluding hydrogens is 322 g/mol. The molecule has 0 aliphatic carbocycles. The molecule has 2 aromatic rings. The van der Waals surface area contributed by atoms with Crippen molar-refractivity contribution in [1.29, 1.82) is 0 Å². The van der Waals surface area contributed by atoms with Gasteiger partial charge in [-0.2, -0.15) is 0 Å². The van der Waals surface area contributed by atoms with Gasteiger partial charge in [0.1, 0.15) is 6.61 Å². The normalized spacial score (nSPS) is 10.5. The van der Waals surface area contributed by atoms with Crippen LogP contribution in [-0.4, -0.2) is 24.9 Å². The third kappa shape index (κ3) is 3.38. The largest absolute Gasteiger partial charge is 0.461 e. The second-order valence-corrected chi connectivity index (χ2v) is 6.41. The van der Waals surface area contributed by atoms with Gasteiger partial charge < -0.3 is 10.5 Å². The van der Waals surface area contributed by atoms with Crippen molar-refractivity contribution in [1.82, 2.24) is 0 Å². The summed E-state index contributed by atoms with van der Waals surface area (Å²) < 4.78 is 5.09. The minimum atomic E-state index is -0.510. The minimum Gasteiger partial charge on any atom is -0.461 e. The van der Waals surface area contributed by atoms with Crippen molar-refractivity contribution in [3.05, 3.63) is 55.7 Å². The van der Waals surface area contributed by atoms with Gasteiger partial charge >= 0.3 is 5.97 Å². The van der Waals surface area contributed by atoms with Crippen molar-refractivity contribution in [3.8, 4) is 0 Å². The number of esters is 1. The number of aryl methyl sites for hydroxylation is 1. The van der Waals surface area contributed by atoms with Gasteiger partial charge in [0.2, 0.25) is 5.78 Å². The number of benzene rings is 1. The lowest BCUT2D eigenvalue weighted by atomic mass is 10.0. The zero-order chi connectivity index (χ0) is 16.3. The molecule has 4 nitrogen and oxygen atoms in total. The Labute approximate surface area is 137 Å². The van der Waals surface area contributed by atoms with E-state index in [0.717, 1.165) is 10.4 Å². The molecule has 0 saturated heterocycles. The van der Waals surface area contributed by atoms with Crippen molar-refractivity contribution >= 4 is 34.7 Å². The van der Waals surface area contributed by atoms with Crippen molar-refractivity contribution < 1.29 is 14.3 Å². The van der Waals surface area contributed by atoms with E-state index in [4.69, 9.17) is 22.1 Å². The quantitative estimate of drug-likeness (QED) is 0.671. The first-order valence-corrected chi connectivity index (χ1v) is 7.92. The second-order valence-electron chi connectivity index (χ2n) is 4.75. The molecule has 0 spiro atoms. The van der Waals surface area contributed by atoms with Crippen LogP contribution in [0.25, 0.3) is 0 Å². The molecule has 2 N–H and O–H groups in total. The van der Waals surface area contributed by atoms with Crippen LogP contribution in [0.1, 0.15) is 36.0 Å². The van der Waals surface area contributed by atoms with E-state index in [2.05, 4.69) is 0 Å². The molecule has 0 aliphatic rings. The van der Waals surface area contributed by atoms with Gasteiger partial charge in [-0.15, -0.1) is 11.3 Å². The summed E-state index contributed by atoms with van der Waals surface area (Å²) in [5.74, 6) is -0.720. The lowest BCUT2D eigenvalue weighted by Gasteiger charge is -2.06. The van der Waals surface area contributed by atoms with Gasteiger partial charge in [0.05, 0.1) is 10.4 Å². The van der Waals surface area contributed by atoms with Gasteiger partial charge in [0.15, 0.2) is 0 Å². The number of ether oxygens (including phenoxy) is 1. The molecule has 0 saturated carbocycles. The molecule has 1 aromatic heterocycles. The summed E-state index contributed by atoms with van der Waals surface area (Å²) in [6.07, 6.45) is 0. The van der Waals surface area contributed by atoms with E-state index in [1.54, 1.807) is 24.3 Å². The van der Waals surface area contributed by atoms with E-state index in [1.165, 1.54) is 11.3 Å². The van der Waals surface area contributed by atoms with Crippen LogP contribution in [0.2, 0.25) is 5.02 Å². The molecular formula is C16H16ClNO3S. The number of ketones is 1. The summed E-state index contributed by atoms with van der Waals surface area (Å²) in [6, 6.07) is 6.58. The number of carbonyl (C=O) groups excluding carboxylic acids is 2. The Morgan fingerprint density at radius 2 is 1.86 bits per heavy atom. The van der Waals surface area contributed by atoms with Crippen LogP contribution in [-0.2, 0) is 4.74 Å². The highest BCUT2D eigenvalue weighted by Crippen LogP contribution is 2.30. The average Bonchev–Trinajstić information content (AvgIpc) is 2.80. The first-order chi connectivity index (χ1) is 10.5. The molecule has 0 amide bonds. The summed E-state index contributed by atoms with van der Waals surface area (Å²) in [7, 11) is 0. The average molecular weight is 338 g/mol. The van der Waals surface area contributed by atoms with Gasteiger partial charge in [0, 0.05) is 22.0 Å². The van der Waals surface area contributed by atoms with Gasteiger partial charge in [0.25, 0.3) is 0 Å². The molecule has 2 rings (SSSR count). The molecule has 1 aromatic carbocycles. The molecule has 1 heterocycles. The monoisotopic (exact) mass is 337 g/mol. The Bertz CT molecular complexity index is 707. The summed E-state index contributed by atoms with van der Waals surface area (Å²) in [5.41, 5.74) is 6.93. The Hall–Kier alpha value is -1.69. The van der Waals surface area contributed by atoms with Crippen molar-refractivity contribution in [2.45, 2.75) is 13.8 Å². The summed E-state index contributed by atoms with van der Waals surface area (Å²) in [6.45, 7) is 4.05. The maximum atomic E-state index is 12.7. The smallest absolute Gasteiger partial charge is 0.340 e. The molecule has 0 bridgehead atoms. The number of nitrogens with two attached hydrogens (primary N) is 1. The van der Waals surface area contributed by atoms with Gasteiger partial charge in [-0.25, -0.2) is 4.79 Å². The number of rotatable bonds is 5. The molecule has 116 valence electrons. The lowest BCUT2D eigenvalue weighted by molar-refractivity contribution is 0.0514. The fourth-order valence-electron chi connectivity index (χ4n) is 1.99. The summed E-state index contributed by atoms with van der Waals surface area (Å²) in [5, 5.41) is 0.553. The van der Waals surface area contributed by atoms with Crippen molar-refractivity contribution in [2.24, 2.45) is 5.73 Å². The van der Waals surface area contributed by atoms with Crippen LogP contribution in [0.3, 0.4) is 0 Å². The van der Waals surface area contributed by atoms with Gasteiger partial charge in [-0.05, 0) is 43.7 Å². The number of hydrogen-bond donors (Lipinski definition) is 1. The predicted octanol–water partition coefficient (Wildman–Crippen LogP) is 3.36. The highest BCUT2D eigenvalue weighted by molar-refractivity contribution is 7.14. The first kappa shape index (κ1) is 16.7. The topological polar surface area (TPSA) is 69.4 Å². The molecule has 22 heavy (non-hydrogen) atoms. The SMILES string of the molecule is Cc1sc(C(=O)c2ccc(Cl)cc2)c(C(=O)OCCN)c1C. The fraction of sp³-hybridized carbons (Fsp3) is 0.250. The standard InChI is InChI=1S/C16H16ClNO3S/c1-9-10(2)22-15(13(9)16(20)21-8-7-18)14(19)11-3-5-12(17)6-4-11/h3-6H,7-8,18H2,1-2H3. The number of halogens is 1. The molecule has 6 heteroatoms. The van der Waals surface area contributed by atoms with Gasteiger partial charge in [-0.1, -0.05) is 11.6 Å². The van der Waals surface area contributed by atoms with Crippen molar-refractivity contribution in [2.75, 3.05) is 13.2 Å². The lowest BCUT2D eigenvalue weighted by Crippen LogP contribution is -2.16. The maximum Gasteiger partial charge on any atom is 0.340 e. The zero-order valence-corrected chi connectivity index (χ0v) is 13.9. The van der Waals surface area contributed by atoms with E-state index >= 15 is 0 Å².